The molecule has 1 atom stereocenters. The number of halogens is 1. The molecule has 4 nitrogen and oxygen atoms in total. The van der Waals surface area contributed by atoms with Gasteiger partial charge in [-0.25, -0.2) is 4.39 Å². The molecule has 0 aliphatic carbocycles. The molecule has 0 saturated heterocycles. The zero-order valence-electron chi connectivity index (χ0n) is 17.6. The molecule has 0 aliphatic heterocycles. The lowest BCUT2D eigenvalue weighted by atomic mass is 10.0. The van der Waals surface area contributed by atoms with Gasteiger partial charge in [0.05, 0.1) is 6.42 Å². The van der Waals surface area contributed by atoms with Crippen LogP contribution in [0.1, 0.15) is 23.6 Å². The highest BCUT2D eigenvalue weighted by atomic mass is 19.1. The predicted molar refractivity (Wildman–Crippen MR) is 120 cm³/mol. The van der Waals surface area contributed by atoms with Crippen molar-refractivity contribution in [1.29, 1.82) is 0 Å². The van der Waals surface area contributed by atoms with Crippen LogP contribution in [-0.2, 0) is 29.0 Å². The average molecular weight is 419 g/mol. The number of carbonyl (C=O) groups excluding carboxylic acids is 2. The van der Waals surface area contributed by atoms with E-state index in [1.807, 2.05) is 67.6 Å². The van der Waals surface area contributed by atoms with E-state index in [-0.39, 0.29) is 24.8 Å². The van der Waals surface area contributed by atoms with Gasteiger partial charge >= 0.3 is 0 Å². The monoisotopic (exact) mass is 418 g/mol. The van der Waals surface area contributed by atoms with Gasteiger partial charge in [-0.15, -0.1) is 0 Å². The van der Waals surface area contributed by atoms with Crippen molar-refractivity contribution in [1.82, 2.24) is 10.2 Å². The van der Waals surface area contributed by atoms with E-state index in [0.717, 1.165) is 11.1 Å². The first kappa shape index (κ1) is 22.2. The molecule has 0 bridgehead atoms. The van der Waals surface area contributed by atoms with Crippen LogP contribution >= 0.6 is 0 Å². The molecular weight excluding hydrogens is 391 g/mol. The Kier molecular flexibility index (Phi) is 7.93. The van der Waals surface area contributed by atoms with Crippen molar-refractivity contribution in [3.8, 4) is 0 Å². The summed E-state index contributed by atoms with van der Waals surface area (Å²) in [7, 11) is 0. The zero-order chi connectivity index (χ0) is 22.1. The van der Waals surface area contributed by atoms with Gasteiger partial charge in [-0.2, -0.15) is 0 Å². The van der Waals surface area contributed by atoms with Crippen LogP contribution in [0.5, 0.6) is 0 Å². The standard InChI is InChI=1S/C26H27FN2O2/c1-2-28-26(31)24(17-20-11-5-3-6-12-20)29(19-21-13-7-4-8-14-21)25(30)18-22-15-9-10-16-23(22)27/h3-16,24H,2,17-19H2,1H3,(H,28,31). The van der Waals surface area contributed by atoms with Crippen molar-refractivity contribution in [2.75, 3.05) is 6.54 Å². The summed E-state index contributed by atoms with van der Waals surface area (Å²) in [5.41, 5.74) is 2.18. The second-order valence-corrected chi connectivity index (χ2v) is 7.38. The number of carbonyl (C=O) groups is 2. The largest absolute Gasteiger partial charge is 0.355 e. The second-order valence-electron chi connectivity index (χ2n) is 7.38. The predicted octanol–water partition coefficient (Wildman–Crippen LogP) is 4.14. The molecule has 1 unspecified atom stereocenters. The number of nitrogens with zero attached hydrogens (tertiary/aromatic N) is 1. The van der Waals surface area contributed by atoms with Crippen LogP contribution in [0.15, 0.2) is 84.9 Å². The molecule has 1 N–H and O–H groups in total. The van der Waals surface area contributed by atoms with Gasteiger partial charge < -0.3 is 10.2 Å². The zero-order valence-corrected chi connectivity index (χ0v) is 17.6. The van der Waals surface area contributed by atoms with Crippen molar-refractivity contribution in [3.05, 3.63) is 107 Å². The summed E-state index contributed by atoms with van der Waals surface area (Å²) in [4.78, 5) is 28.0. The minimum atomic E-state index is -0.707. The Hall–Kier alpha value is -3.47. The molecule has 0 radical (unpaired) electrons. The molecule has 0 aliphatic rings. The number of amides is 2. The summed E-state index contributed by atoms with van der Waals surface area (Å²) in [6.07, 6.45) is 0.271. The third-order valence-corrected chi connectivity index (χ3v) is 5.12. The topological polar surface area (TPSA) is 49.4 Å². The Morgan fingerprint density at radius 2 is 1.45 bits per heavy atom. The van der Waals surface area contributed by atoms with E-state index in [4.69, 9.17) is 0 Å². The van der Waals surface area contributed by atoms with Gasteiger partial charge in [0.1, 0.15) is 11.9 Å². The minimum Gasteiger partial charge on any atom is -0.355 e. The summed E-state index contributed by atoms with van der Waals surface area (Å²) in [6, 6.07) is 24.7. The molecule has 3 rings (SSSR count). The average Bonchev–Trinajstić information content (AvgIpc) is 2.79. The number of hydrogen-bond donors (Lipinski definition) is 1. The van der Waals surface area contributed by atoms with Crippen LogP contribution in [0.2, 0.25) is 0 Å². The molecule has 31 heavy (non-hydrogen) atoms. The maximum atomic E-state index is 14.2. The first-order valence-electron chi connectivity index (χ1n) is 10.5. The van der Waals surface area contributed by atoms with E-state index in [1.165, 1.54) is 6.07 Å². The highest BCUT2D eigenvalue weighted by molar-refractivity contribution is 5.88. The first-order valence-corrected chi connectivity index (χ1v) is 10.5. The number of likely N-dealkylation sites (N-methyl/N-ethyl adjacent to an activating group) is 1. The van der Waals surface area contributed by atoms with Crippen molar-refractivity contribution in [2.45, 2.75) is 32.4 Å². The molecule has 0 saturated carbocycles. The summed E-state index contributed by atoms with van der Waals surface area (Å²) in [5, 5.41) is 2.86. The molecule has 0 spiro atoms. The number of nitrogens with one attached hydrogen (secondary N) is 1. The first-order chi connectivity index (χ1) is 15.1. The highest BCUT2D eigenvalue weighted by Gasteiger charge is 2.30. The van der Waals surface area contributed by atoms with Gasteiger partial charge in [0.2, 0.25) is 11.8 Å². The van der Waals surface area contributed by atoms with Gasteiger partial charge in [-0.05, 0) is 29.7 Å². The van der Waals surface area contributed by atoms with Gasteiger partial charge in [0.15, 0.2) is 0 Å². The second kappa shape index (κ2) is 11.1. The third kappa shape index (κ3) is 6.25. The van der Waals surface area contributed by atoms with Crippen LogP contribution < -0.4 is 5.32 Å². The molecule has 0 fully saturated rings. The lowest BCUT2D eigenvalue weighted by molar-refractivity contribution is -0.140. The van der Waals surface area contributed by atoms with E-state index in [9.17, 15) is 14.0 Å². The van der Waals surface area contributed by atoms with Crippen LogP contribution in [0.3, 0.4) is 0 Å². The quantitative estimate of drug-likeness (QED) is 0.568. The summed E-state index contributed by atoms with van der Waals surface area (Å²) in [5.74, 6) is -0.932. The van der Waals surface area contributed by atoms with E-state index in [0.29, 0.717) is 18.5 Å². The number of hydrogen-bond acceptors (Lipinski definition) is 2. The number of rotatable bonds is 9. The van der Waals surface area contributed by atoms with Crippen molar-refractivity contribution in [2.24, 2.45) is 0 Å². The van der Waals surface area contributed by atoms with Gasteiger partial charge in [0, 0.05) is 19.5 Å². The molecular formula is C26H27FN2O2. The normalized spacial score (nSPS) is 11.5. The van der Waals surface area contributed by atoms with Crippen LogP contribution in [0, 0.1) is 5.82 Å². The lowest BCUT2D eigenvalue weighted by Crippen LogP contribution is -2.51. The highest BCUT2D eigenvalue weighted by Crippen LogP contribution is 2.17. The van der Waals surface area contributed by atoms with Gasteiger partial charge in [-0.3, -0.25) is 9.59 Å². The summed E-state index contributed by atoms with van der Waals surface area (Å²) in [6.45, 7) is 2.58. The lowest BCUT2D eigenvalue weighted by Gasteiger charge is -2.31. The Labute approximate surface area is 182 Å². The fraction of sp³-hybridized carbons (Fsp3) is 0.231. The SMILES string of the molecule is CCNC(=O)C(Cc1ccccc1)N(Cc1ccccc1)C(=O)Cc1ccccc1F. The molecule has 3 aromatic carbocycles. The van der Waals surface area contributed by atoms with E-state index < -0.39 is 11.9 Å². The van der Waals surface area contributed by atoms with E-state index >= 15 is 0 Å². The maximum Gasteiger partial charge on any atom is 0.243 e. The Morgan fingerprint density at radius 3 is 2.06 bits per heavy atom. The summed E-state index contributed by atoms with van der Waals surface area (Å²) < 4.78 is 14.2. The third-order valence-electron chi connectivity index (χ3n) is 5.12. The van der Waals surface area contributed by atoms with Gasteiger partial charge in [-0.1, -0.05) is 78.9 Å². The fourth-order valence-electron chi connectivity index (χ4n) is 3.53. The van der Waals surface area contributed by atoms with Crippen molar-refractivity contribution >= 4 is 11.8 Å². The Balaban J connectivity index is 1.94. The van der Waals surface area contributed by atoms with Crippen LogP contribution in [0.25, 0.3) is 0 Å². The van der Waals surface area contributed by atoms with Crippen LogP contribution in [-0.4, -0.2) is 29.3 Å². The number of benzene rings is 3. The van der Waals surface area contributed by atoms with E-state index in [1.54, 1.807) is 23.1 Å². The fourth-order valence-corrected chi connectivity index (χ4v) is 3.53. The van der Waals surface area contributed by atoms with E-state index in [2.05, 4.69) is 5.32 Å². The van der Waals surface area contributed by atoms with Crippen molar-refractivity contribution < 1.29 is 14.0 Å². The molecule has 2 amide bonds. The Bertz CT molecular complexity index is 993. The molecule has 3 aromatic rings. The Morgan fingerprint density at radius 1 is 0.871 bits per heavy atom. The van der Waals surface area contributed by atoms with Crippen LogP contribution in [0.4, 0.5) is 4.39 Å². The maximum absolute atomic E-state index is 14.2. The molecule has 0 heterocycles. The summed E-state index contributed by atoms with van der Waals surface area (Å²) >= 11 is 0. The molecule has 0 aromatic heterocycles. The van der Waals surface area contributed by atoms with Crippen molar-refractivity contribution in [3.63, 3.8) is 0 Å². The van der Waals surface area contributed by atoms with Gasteiger partial charge in [0.25, 0.3) is 0 Å². The molecule has 5 heteroatoms. The smallest absolute Gasteiger partial charge is 0.243 e. The minimum absolute atomic E-state index is 0.107. The molecule has 160 valence electrons.